The van der Waals surface area contributed by atoms with E-state index in [0.29, 0.717) is 22.8 Å². The van der Waals surface area contributed by atoms with Gasteiger partial charge in [-0.1, -0.05) is 53.7 Å². The lowest BCUT2D eigenvalue weighted by Gasteiger charge is -2.22. The topological polar surface area (TPSA) is 82.0 Å². The zero-order valence-electron chi connectivity index (χ0n) is 17.5. The molecule has 0 aliphatic carbocycles. The van der Waals surface area contributed by atoms with Crippen LogP contribution in [0.25, 0.3) is 11.3 Å². The summed E-state index contributed by atoms with van der Waals surface area (Å²) in [5, 5.41) is 2.74. The first kappa shape index (κ1) is 21.6. The van der Waals surface area contributed by atoms with E-state index in [1.807, 2.05) is 5.38 Å². The monoisotopic (exact) mass is 387 g/mol. The largest absolute Gasteiger partial charge is 0.369 e. The Morgan fingerprint density at radius 3 is 1.85 bits per heavy atom. The minimum absolute atomic E-state index is 0.362. The van der Waals surface area contributed by atoms with Gasteiger partial charge in [0.1, 0.15) is 10.9 Å². The van der Waals surface area contributed by atoms with Crippen LogP contribution in [-0.2, 0) is 4.79 Å². The zero-order chi connectivity index (χ0) is 20.5. The molecule has 0 aliphatic rings. The SMILES string of the molecule is CC(C)c1cc(C(C)C)c(-c2csc(C(C(N)=O)C(C)N)n2)c(C(C)C)c1. The molecule has 4 N–H and O–H groups in total. The molecule has 0 saturated carbocycles. The number of nitrogens with two attached hydrogens (primary N) is 2. The Morgan fingerprint density at radius 1 is 0.963 bits per heavy atom. The third kappa shape index (κ3) is 4.58. The van der Waals surface area contributed by atoms with Crippen LogP contribution >= 0.6 is 11.3 Å². The standard InChI is InChI=1S/C22H33N3OS/c1-11(2)15-8-16(12(3)4)20(17(9-15)13(5)6)18-10-27-22(25-18)19(14(7)23)21(24)26/h8-14,19H,23H2,1-7H3,(H2,24,26). The Labute approximate surface area is 167 Å². The van der Waals surface area contributed by atoms with Gasteiger partial charge in [-0.25, -0.2) is 4.98 Å². The fourth-order valence-corrected chi connectivity index (χ4v) is 4.43. The molecule has 1 aromatic heterocycles. The molecule has 2 aromatic rings. The van der Waals surface area contributed by atoms with Crippen molar-refractivity contribution in [3.8, 4) is 11.3 Å². The van der Waals surface area contributed by atoms with Gasteiger partial charge < -0.3 is 11.5 Å². The number of amides is 1. The van der Waals surface area contributed by atoms with E-state index in [4.69, 9.17) is 16.5 Å². The van der Waals surface area contributed by atoms with Gasteiger partial charge in [-0.3, -0.25) is 4.79 Å². The first-order valence-corrected chi connectivity index (χ1v) is 10.6. The smallest absolute Gasteiger partial charge is 0.229 e. The summed E-state index contributed by atoms with van der Waals surface area (Å²) in [5.41, 5.74) is 17.6. The van der Waals surface area contributed by atoms with Crippen LogP contribution < -0.4 is 11.5 Å². The van der Waals surface area contributed by atoms with Crippen molar-refractivity contribution in [2.24, 2.45) is 11.5 Å². The molecule has 5 heteroatoms. The molecule has 1 aromatic carbocycles. The Balaban J connectivity index is 2.69. The Hall–Kier alpha value is -1.72. The second-order valence-corrected chi connectivity index (χ2v) is 9.24. The molecule has 0 spiro atoms. The first-order chi connectivity index (χ1) is 12.5. The molecule has 1 amide bonds. The maximum atomic E-state index is 11.9. The van der Waals surface area contributed by atoms with Crippen LogP contribution in [-0.4, -0.2) is 16.9 Å². The summed E-state index contributed by atoms with van der Waals surface area (Å²) in [6.07, 6.45) is 0. The van der Waals surface area contributed by atoms with Gasteiger partial charge in [0, 0.05) is 17.0 Å². The van der Waals surface area contributed by atoms with Gasteiger partial charge in [0.2, 0.25) is 5.91 Å². The van der Waals surface area contributed by atoms with Crippen molar-refractivity contribution in [1.29, 1.82) is 0 Å². The van der Waals surface area contributed by atoms with Gasteiger partial charge in [0.25, 0.3) is 0 Å². The number of carbonyl (C=O) groups is 1. The summed E-state index contributed by atoms with van der Waals surface area (Å²) in [7, 11) is 0. The van der Waals surface area contributed by atoms with Gasteiger partial charge in [-0.05, 0) is 41.4 Å². The highest BCUT2D eigenvalue weighted by molar-refractivity contribution is 7.10. The van der Waals surface area contributed by atoms with Gasteiger partial charge in [-0.2, -0.15) is 0 Å². The van der Waals surface area contributed by atoms with E-state index in [1.165, 1.54) is 33.6 Å². The van der Waals surface area contributed by atoms with Crippen LogP contribution in [0, 0.1) is 0 Å². The Kier molecular flexibility index (Phi) is 6.82. The maximum Gasteiger partial charge on any atom is 0.229 e. The molecule has 2 rings (SSSR count). The summed E-state index contributed by atoms with van der Waals surface area (Å²) in [6, 6.07) is 4.26. The summed E-state index contributed by atoms with van der Waals surface area (Å²) >= 11 is 1.47. The third-order valence-corrected chi connectivity index (χ3v) is 5.94. The second kappa shape index (κ2) is 8.53. The maximum absolute atomic E-state index is 11.9. The van der Waals surface area contributed by atoms with Crippen molar-refractivity contribution >= 4 is 17.2 Å². The first-order valence-electron chi connectivity index (χ1n) is 9.72. The van der Waals surface area contributed by atoms with Crippen LogP contribution in [0.5, 0.6) is 0 Å². The molecule has 27 heavy (non-hydrogen) atoms. The van der Waals surface area contributed by atoms with Crippen molar-refractivity contribution in [3.63, 3.8) is 0 Å². The number of hydrogen-bond acceptors (Lipinski definition) is 4. The number of benzene rings is 1. The molecule has 2 atom stereocenters. The van der Waals surface area contributed by atoms with Crippen molar-refractivity contribution in [3.05, 3.63) is 39.2 Å². The molecular weight excluding hydrogens is 354 g/mol. The molecule has 0 bridgehead atoms. The van der Waals surface area contributed by atoms with Gasteiger partial charge >= 0.3 is 0 Å². The fraction of sp³-hybridized carbons (Fsp3) is 0.545. The summed E-state index contributed by atoms with van der Waals surface area (Å²) in [4.78, 5) is 16.7. The van der Waals surface area contributed by atoms with Crippen LogP contribution in [0.1, 0.15) is 93.8 Å². The molecule has 0 fully saturated rings. The number of primary amides is 1. The number of nitrogens with zero attached hydrogens (tertiary/aromatic N) is 1. The normalized spacial score (nSPS) is 14.2. The van der Waals surface area contributed by atoms with Crippen LogP contribution in [0.3, 0.4) is 0 Å². The van der Waals surface area contributed by atoms with Crippen LogP contribution in [0.2, 0.25) is 0 Å². The molecule has 2 unspecified atom stereocenters. The van der Waals surface area contributed by atoms with E-state index < -0.39 is 11.8 Å². The van der Waals surface area contributed by atoms with E-state index in [0.717, 1.165) is 5.69 Å². The second-order valence-electron chi connectivity index (χ2n) is 8.35. The lowest BCUT2D eigenvalue weighted by atomic mass is 9.83. The highest BCUT2D eigenvalue weighted by Crippen LogP contribution is 2.39. The number of hydrogen-bond donors (Lipinski definition) is 2. The summed E-state index contributed by atoms with van der Waals surface area (Å²) in [6.45, 7) is 15.1. The van der Waals surface area contributed by atoms with Crippen molar-refractivity contribution in [2.45, 2.75) is 78.2 Å². The lowest BCUT2D eigenvalue weighted by Crippen LogP contribution is -2.35. The third-order valence-electron chi connectivity index (χ3n) is 5.01. The lowest BCUT2D eigenvalue weighted by molar-refractivity contribution is -0.119. The molecule has 1 heterocycles. The number of rotatable bonds is 7. The van der Waals surface area contributed by atoms with Crippen LogP contribution in [0.4, 0.5) is 0 Å². The van der Waals surface area contributed by atoms with Gasteiger partial charge in [-0.15, -0.1) is 11.3 Å². The Bertz CT molecular complexity index is 777. The molecule has 0 saturated heterocycles. The van der Waals surface area contributed by atoms with E-state index in [9.17, 15) is 4.79 Å². The highest BCUT2D eigenvalue weighted by Gasteiger charge is 2.27. The molecule has 0 radical (unpaired) electrons. The minimum atomic E-state index is -0.552. The average Bonchev–Trinajstić information content (AvgIpc) is 3.01. The van der Waals surface area contributed by atoms with E-state index >= 15 is 0 Å². The van der Waals surface area contributed by atoms with Gasteiger partial charge in [0.05, 0.1) is 5.69 Å². The average molecular weight is 388 g/mol. The number of aromatic nitrogens is 1. The predicted molar refractivity (Wildman–Crippen MR) is 115 cm³/mol. The van der Waals surface area contributed by atoms with E-state index in [2.05, 4.69) is 53.7 Å². The van der Waals surface area contributed by atoms with Crippen molar-refractivity contribution in [1.82, 2.24) is 4.98 Å². The quantitative estimate of drug-likeness (QED) is 0.693. The van der Waals surface area contributed by atoms with Gasteiger partial charge in [0.15, 0.2) is 0 Å². The Morgan fingerprint density at radius 2 is 1.48 bits per heavy atom. The summed E-state index contributed by atoms with van der Waals surface area (Å²) in [5.74, 6) is 0.249. The van der Waals surface area contributed by atoms with Crippen LogP contribution in [0.15, 0.2) is 17.5 Å². The van der Waals surface area contributed by atoms with E-state index in [1.54, 1.807) is 6.92 Å². The van der Waals surface area contributed by atoms with E-state index in [-0.39, 0.29) is 6.04 Å². The number of thiazole rings is 1. The molecule has 4 nitrogen and oxygen atoms in total. The molecule has 0 aliphatic heterocycles. The predicted octanol–water partition coefficient (Wildman–Crippen LogP) is 5.10. The number of carbonyl (C=O) groups excluding carboxylic acids is 1. The fourth-order valence-electron chi connectivity index (χ4n) is 3.40. The molecule has 148 valence electrons. The summed E-state index contributed by atoms with van der Waals surface area (Å²) < 4.78 is 0. The zero-order valence-corrected chi connectivity index (χ0v) is 18.4. The molecular formula is C22H33N3OS. The van der Waals surface area contributed by atoms with Crippen molar-refractivity contribution < 1.29 is 4.79 Å². The highest BCUT2D eigenvalue weighted by atomic mass is 32.1. The van der Waals surface area contributed by atoms with Crippen molar-refractivity contribution in [2.75, 3.05) is 0 Å². The minimum Gasteiger partial charge on any atom is -0.369 e.